The Bertz CT molecular complexity index is 844. The lowest BCUT2D eigenvalue weighted by Gasteiger charge is -2.23. The molecular weight excluding hydrogens is 356 g/mol. The number of aromatic nitrogens is 2. The lowest BCUT2D eigenvalue weighted by molar-refractivity contribution is 0.0247. The van der Waals surface area contributed by atoms with Crippen LogP contribution in [0.1, 0.15) is 50.2 Å². The third kappa shape index (κ3) is 3.48. The van der Waals surface area contributed by atoms with Gasteiger partial charge in [0, 0.05) is 19.0 Å². The van der Waals surface area contributed by atoms with Crippen molar-refractivity contribution in [2.45, 2.75) is 51.4 Å². The van der Waals surface area contributed by atoms with E-state index in [1.54, 1.807) is 20.8 Å². The SMILES string of the molecule is CC1=CN(c2nc(S(C)=O)nc3c2C(=O)N(C(=O)OC(C)(C)C)C3)CC1. The van der Waals surface area contributed by atoms with Crippen LogP contribution in [0.5, 0.6) is 0 Å². The number of anilines is 1. The highest BCUT2D eigenvalue weighted by Gasteiger charge is 2.40. The number of rotatable bonds is 2. The molecule has 1 atom stereocenters. The summed E-state index contributed by atoms with van der Waals surface area (Å²) in [5.74, 6) is -0.0938. The number of hydrogen-bond donors (Lipinski definition) is 0. The number of fused-ring (bicyclic) bond motifs is 1. The summed E-state index contributed by atoms with van der Waals surface area (Å²) in [6.45, 7) is 7.86. The maximum atomic E-state index is 12.9. The highest BCUT2D eigenvalue weighted by atomic mass is 32.2. The van der Waals surface area contributed by atoms with Crippen LogP contribution in [0.4, 0.5) is 10.6 Å². The molecule has 2 aliphatic rings. The normalized spacial score (nSPS) is 18.0. The second-order valence-electron chi connectivity index (χ2n) is 7.40. The van der Waals surface area contributed by atoms with Gasteiger partial charge in [0.05, 0.1) is 23.0 Å². The van der Waals surface area contributed by atoms with E-state index in [1.165, 1.54) is 6.26 Å². The average Bonchev–Trinajstić information content (AvgIpc) is 3.09. The van der Waals surface area contributed by atoms with Crippen molar-refractivity contribution in [3.05, 3.63) is 23.0 Å². The van der Waals surface area contributed by atoms with Gasteiger partial charge in [-0.05, 0) is 34.1 Å². The minimum atomic E-state index is -1.41. The second-order valence-corrected chi connectivity index (χ2v) is 8.67. The summed E-state index contributed by atoms with van der Waals surface area (Å²) in [6.07, 6.45) is 3.53. The first-order valence-corrected chi connectivity index (χ1v) is 9.86. The Morgan fingerprint density at radius 2 is 2.00 bits per heavy atom. The van der Waals surface area contributed by atoms with Gasteiger partial charge in [-0.25, -0.2) is 19.7 Å². The van der Waals surface area contributed by atoms with Gasteiger partial charge in [-0.2, -0.15) is 0 Å². The molecule has 0 saturated heterocycles. The first-order valence-electron chi connectivity index (χ1n) is 8.30. The molecule has 140 valence electrons. The number of imide groups is 1. The van der Waals surface area contributed by atoms with Gasteiger partial charge in [-0.3, -0.25) is 9.00 Å². The summed E-state index contributed by atoms with van der Waals surface area (Å²) < 4.78 is 17.2. The largest absolute Gasteiger partial charge is 0.443 e. The molecule has 1 aromatic heterocycles. The molecule has 0 aliphatic carbocycles. The van der Waals surface area contributed by atoms with E-state index in [9.17, 15) is 13.8 Å². The zero-order valence-corrected chi connectivity index (χ0v) is 16.3. The van der Waals surface area contributed by atoms with Crippen LogP contribution in [0.3, 0.4) is 0 Å². The Balaban J connectivity index is 2.03. The number of nitrogens with zero attached hydrogens (tertiary/aromatic N) is 4. The fourth-order valence-corrected chi connectivity index (χ4v) is 3.28. The number of ether oxygens (including phenoxy) is 1. The molecule has 0 fully saturated rings. The summed E-state index contributed by atoms with van der Waals surface area (Å²) >= 11 is 0. The van der Waals surface area contributed by atoms with Crippen molar-refractivity contribution in [2.24, 2.45) is 0 Å². The van der Waals surface area contributed by atoms with Gasteiger partial charge in [0.2, 0.25) is 5.16 Å². The number of carbonyl (C=O) groups is 2. The first kappa shape index (κ1) is 18.5. The third-order valence-electron chi connectivity index (χ3n) is 3.98. The smallest absolute Gasteiger partial charge is 0.417 e. The van der Waals surface area contributed by atoms with Crippen LogP contribution in [-0.4, -0.2) is 49.5 Å². The van der Waals surface area contributed by atoms with Crippen LogP contribution >= 0.6 is 0 Å². The molecule has 0 N–H and O–H groups in total. The maximum absolute atomic E-state index is 12.9. The zero-order valence-electron chi connectivity index (χ0n) is 15.5. The molecule has 0 radical (unpaired) electrons. The molecule has 26 heavy (non-hydrogen) atoms. The summed E-state index contributed by atoms with van der Waals surface area (Å²) in [4.78, 5) is 36.7. The molecule has 2 aliphatic heterocycles. The van der Waals surface area contributed by atoms with Crippen molar-refractivity contribution in [1.82, 2.24) is 14.9 Å². The number of hydrogen-bond acceptors (Lipinski definition) is 7. The fraction of sp³-hybridized carbons (Fsp3) is 0.529. The van der Waals surface area contributed by atoms with Crippen molar-refractivity contribution < 1.29 is 18.5 Å². The molecule has 2 amide bonds. The molecular formula is C17H22N4O4S. The zero-order chi connectivity index (χ0) is 19.2. The van der Waals surface area contributed by atoms with Crippen LogP contribution in [-0.2, 0) is 22.1 Å². The average molecular weight is 378 g/mol. The van der Waals surface area contributed by atoms with Gasteiger partial charge in [0.15, 0.2) is 5.82 Å². The van der Waals surface area contributed by atoms with Gasteiger partial charge < -0.3 is 9.64 Å². The quantitative estimate of drug-likeness (QED) is 0.729. The van der Waals surface area contributed by atoms with E-state index >= 15 is 0 Å². The summed E-state index contributed by atoms with van der Waals surface area (Å²) in [7, 11) is -1.41. The van der Waals surface area contributed by atoms with Crippen molar-refractivity contribution in [1.29, 1.82) is 0 Å². The van der Waals surface area contributed by atoms with Gasteiger partial charge in [-0.1, -0.05) is 5.57 Å². The molecule has 1 unspecified atom stereocenters. The molecule has 0 aromatic carbocycles. The highest BCUT2D eigenvalue weighted by molar-refractivity contribution is 7.84. The Morgan fingerprint density at radius 3 is 2.54 bits per heavy atom. The van der Waals surface area contributed by atoms with Crippen molar-refractivity contribution >= 4 is 28.6 Å². The lowest BCUT2D eigenvalue weighted by Crippen LogP contribution is -2.37. The summed E-state index contributed by atoms with van der Waals surface area (Å²) in [6, 6.07) is 0. The van der Waals surface area contributed by atoms with E-state index in [2.05, 4.69) is 9.97 Å². The van der Waals surface area contributed by atoms with Crippen molar-refractivity contribution in [2.75, 3.05) is 17.7 Å². The topological polar surface area (TPSA) is 92.7 Å². The molecule has 0 bridgehead atoms. The van der Waals surface area contributed by atoms with Crippen molar-refractivity contribution in [3.8, 4) is 0 Å². The lowest BCUT2D eigenvalue weighted by atomic mass is 10.2. The van der Waals surface area contributed by atoms with E-state index < -0.39 is 28.4 Å². The van der Waals surface area contributed by atoms with Crippen LogP contribution in [0.15, 0.2) is 16.9 Å². The van der Waals surface area contributed by atoms with Gasteiger partial charge >= 0.3 is 6.09 Å². The predicted molar refractivity (Wildman–Crippen MR) is 96.2 cm³/mol. The molecule has 0 spiro atoms. The Hall–Kier alpha value is -2.29. The van der Waals surface area contributed by atoms with E-state index in [0.717, 1.165) is 16.9 Å². The van der Waals surface area contributed by atoms with Crippen molar-refractivity contribution in [3.63, 3.8) is 0 Å². The second kappa shape index (κ2) is 6.46. The van der Waals surface area contributed by atoms with Crippen LogP contribution in [0, 0.1) is 0 Å². The Kier molecular flexibility index (Phi) is 4.60. The molecule has 8 nitrogen and oxygen atoms in total. The fourth-order valence-electron chi connectivity index (χ4n) is 2.82. The third-order valence-corrected chi connectivity index (χ3v) is 4.67. The van der Waals surface area contributed by atoms with E-state index in [-0.39, 0.29) is 17.3 Å². The minimum absolute atomic E-state index is 0.0145. The van der Waals surface area contributed by atoms with Gasteiger partial charge in [-0.15, -0.1) is 0 Å². The number of amides is 2. The van der Waals surface area contributed by atoms with E-state index in [0.29, 0.717) is 18.1 Å². The first-order chi connectivity index (χ1) is 12.1. The summed E-state index contributed by atoms with van der Waals surface area (Å²) in [5.41, 5.74) is 1.11. The minimum Gasteiger partial charge on any atom is -0.443 e. The standard InChI is InChI=1S/C17H22N4O4S/c1-10-6-7-20(8-10)13-12-11(18-15(19-13)26(5)24)9-21(14(12)22)16(23)25-17(2,3)4/h8H,6-7,9H2,1-5H3. The summed E-state index contributed by atoms with van der Waals surface area (Å²) in [5, 5.41) is 0.149. The molecule has 9 heteroatoms. The van der Waals surface area contributed by atoms with E-state index in [1.807, 2.05) is 18.0 Å². The molecule has 1 aromatic rings. The maximum Gasteiger partial charge on any atom is 0.417 e. The van der Waals surface area contributed by atoms with Crippen LogP contribution in [0.25, 0.3) is 0 Å². The monoisotopic (exact) mass is 378 g/mol. The van der Waals surface area contributed by atoms with Crippen LogP contribution in [0.2, 0.25) is 0 Å². The van der Waals surface area contributed by atoms with Gasteiger partial charge in [0.25, 0.3) is 5.91 Å². The Morgan fingerprint density at radius 1 is 1.31 bits per heavy atom. The van der Waals surface area contributed by atoms with E-state index in [4.69, 9.17) is 4.74 Å². The van der Waals surface area contributed by atoms with Gasteiger partial charge in [0.1, 0.15) is 11.2 Å². The predicted octanol–water partition coefficient (Wildman–Crippen LogP) is 2.22. The number of carbonyl (C=O) groups excluding carboxylic acids is 2. The molecule has 3 rings (SSSR count). The molecule has 0 saturated carbocycles. The Labute approximate surface area is 154 Å². The van der Waals surface area contributed by atoms with Crippen LogP contribution < -0.4 is 4.90 Å². The molecule has 3 heterocycles. The highest BCUT2D eigenvalue weighted by Crippen LogP contribution is 2.33.